The van der Waals surface area contributed by atoms with Crippen molar-refractivity contribution in [2.45, 2.75) is 126 Å². The Labute approximate surface area is 276 Å². The maximum Gasteiger partial charge on any atom is 0.306 e. The van der Waals surface area contributed by atoms with Gasteiger partial charge in [0, 0.05) is 25.4 Å². The van der Waals surface area contributed by atoms with Gasteiger partial charge in [-0.3, -0.25) is 14.4 Å². The molecular weight excluding hydrogens is 606 g/mol. The normalized spacial score (nSPS) is 34.3. The Morgan fingerprint density at radius 1 is 1.04 bits per heavy atom. The molecule has 11 unspecified atom stereocenters. The third-order valence-electron chi connectivity index (χ3n) is 11.7. The van der Waals surface area contributed by atoms with Crippen molar-refractivity contribution >= 4 is 17.8 Å². The largest absolute Gasteiger partial charge is 0.508 e. The van der Waals surface area contributed by atoms with Crippen molar-refractivity contribution in [3.05, 3.63) is 29.3 Å². The van der Waals surface area contributed by atoms with Gasteiger partial charge in [0.15, 0.2) is 0 Å². The minimum Gasteiger partial charge on any atom is -0.508 e. The lowest BCUT2D eigenvalue weighted by molar-refractivity contribution is -0.162. The van der Waals surface area contributed by atoms with Gasteiger partial charge >= 0.3 is 5.97 Å². The van der Waals surface area contributed by atoms with Crippen molar-refractivity contribution in [2.24, 2.45) is 34.6 Å². The number of benzene rings is 1. The lowest BCUT2D eigenvalue weighted by Crippen LogP contribution is -2.55. The number of hydrogen-bond donors (Lipinski definition) is 7. The van der Waals surface area contributed by atoms with Crippen molar-refractivity contribution in [3.63, 3.8) is 0 Å². The first-order valence-corrected chi connectivity index (χ1v) is 17.4. The zero-order chi connectivity index (χ0) is 33.9. The first-order valence-electron chi connectivity index (χ1n) is 17.4. The summed E-state index contributed by atoms with van der Waals surface area (Å²) in [6.45, 7) is 3.14. The fourth-order valence-corrected chi connectivity index (χ4v) is 9.11. The van der Waals surface area contributed by atoms with Crippen molar-refractivity contribution in [3.8, 4) is 5.75 Å². The zero-order valence-electron chi connectivity index (χ0n) is 27.4. The van der Waals surface area contributed by atoms with Crippen LogP contribution in [0.15, 0.2) is 18.2 Å². The number of aliphatic hydroxyl groups excluding tert-OH is 3. The summed E-state index contributed by atoms with van der Waals surface area (Å²) in [5.41, 5.74) is 14.0. The van der Waals surface area contributed by atoms with Crippen LogP contribution in [-0.2, 0) is 30.3 Å². The Balaban J connectivity index is 0.974. The fraction of sp³-hybridized carbons (Fsp3) is 0.743. The molecule has 4 aliphatic carbocycles. The number of nitrogens with two attached hydrogens (primary N) is 2. The SMILES string of the molecule is CC12CCC3c4ccc(O)cc4CCC3C1CCC2OCCNC(=O)CCC(O)C(O)CCC(=O)OC1CCC(N)C(O)C1C(N)=O. The molecule has 9 N–H and O–H groups in total. The Bertz CT molecular complexity index is 1280. The molecule has 0 radical (unpaired) electrons. The van der Waals surface area contributed by atoms with Gasteiger partial charge in [0.05, 0.1) is 31.0 Å². The number of phenolic OH excluding ortho intramolecular Hbond substituents is 1. The quantitative estimate of drug-likeness (QED) is 0.120. The molecule has 2 amide bonds. The lowest BCUT2D eigenvalue weighted by atomic mass is 9.55. The van der Waals surface area contributed by atoms with E-state index in [1.54, 1.807) is 0 Å². The van der Waals surface area contributed by atoms with E-state index in [9.17, 15) is 34.8 Å². The van der Waals surface area contributed by atoms with Gasteiger partial charge in [-0.1, -0.05) is 13.0 Å². The summed E-state index contributed by atoms with van der Waals surface area (Å²) < 4.78 is 11.7. The molecule has 1 aromatic carbocycles. The van der Waals surface area contributed by atoms with Crippen LogP contribution in [0.1, 0.15) is 94.6 Å². The third kappa shape index (κ3) is 7.94. The lowest BCUT2D eigenvalue weighted by Gasteiger charge is -2.50. The predicted octanol–water partition coefficient (Wildman–Crippen LogP) is 1.53. The molecule has 0 aromatic heterocycles. The van der Waals surface area contributed by atoms with E-state index in [-0.39, 0.29) is 49.5 Å². The van der Waals surface area contributed by atoms with Crippen molar-refractivity contribution in [2.75, 3.05) is 13.2 Å². The number of aliphatic hydroxyl groups is 3. The summed E-state index contributed by atoms with van der Waals surface area (Å²) in [7, 11) is 0. The number of carbonyl (C=O) groups is 3. The number of rotatable bonds is 13. The summed E-state index contributed by atoms with van der Waals surface area (Å²) in [6, 6.07) is 5.24. The molecule has 47 heavy (non-hydrogen) atoms. The fourth-order valence-electron chi connectivity index (χ4n) is 9.11. The van der Waals surface area contributed by atoms with E-state index in [1.165, 1.54) is 11.1 Å². The highest BCUT2D eigenvalue weighted by Gasteiger charge is 2.55. The number of esters is 1. The monoisotopic (exact) mass is 659 g/mol. The standard InChI is InChI=1S/C35H53N3O9/c1-35-15-14-22-21-5-3-20(39)18-19(21)2-4-23(22)24(35)6-11-29(35)46-17-16-38-30(42)12-8-26(40)27(41)9-13-31(43)47-28-10-7-25(36)33(44)32(28)34(37)45/h3,5,18,22-29,32-33,39-41,44H,2,4,6-17,36H2,1H3,(H2,37,45)(H,38,42). The van der Waals surface area contributed by atoms with Crippen LogP contribution < -0.4 is 16.8 Å². The van der Waals surface area contributed by atoms with Crippen molar-refractivity contribution < 1.29 is 44.3 Å². The van der Waals surface area contributed by atoms with E-state index in [2.05, 4.69) is 18.3 Å². The van der Waals surface area contributed by atoms with Crippen LogP contribution in [0, 0.1) is 23.2 Å². The number of carbonyl (C=O) groups excluding carboxylic acids is 3. The molecule has 0 aliphatic heterocycles. The maximum atomic E-state index is 12.4. The van der Waals surface area contributed by atoms with E-state index in [1.807, 2.05) is 12.1 Å². The minimum atomic E-state index is -1.24. The second kappa shape index (κ2) is 15.2. The average Bonchev–Trinajstić information content (AvgIpc) is 3.38. The predicted molar refractivity (Wildman–Crippen MR) is 172 cm³/mol. The van der Waals surface area contributed by atoms with Gasteiger partial charge in [-0.05, 0) is 111 Å². The maximum absolute atomic E-state index is 12.4. The topological polar surface area (TPSA) is 215 Å². The first kappa shape index (κ1) is 35.5. The van der Waals surface area contributed by atoms with Gasteiger partial charge in [-0.25, -0.2) is 0 Å². The third-order valence-corrected chi connectivity index (χ3v) is 11.7. The Morgan fingerprint density at radius 2 is 1.79 bits per heavy atom. The van der Waals surface area contributed by atoms with Crippen LogP contribution in [-0.4, -0.2) is 87.9 Å². The Hall–Kier alpha value is -2.77. The number of phenols is 1. The minimum absolute atomic E-state index is 0.00865. The molecule has 0 heterocycles. The number of hydrogen-bond acceptors (Lipinski definition) is 10. The Morgan fingerprint density at radius 3 is 2.53 bits per heavy atom. The molecule has 262 valence electrons. The summed E-state index contributed by atoms with van der Waals surface area (Å²) in [5, 5.41) is 43.7. The molecule has 12 heteroatoms. The number of amides is 2. The molecule has 0 saturated heterocycles. The summed E-state index contributed by atoms with van der Waals surface area (Å²) in [4.78, 5) is 36.6. The second-order valence-electron chi connectivity index (χ2n) is 14.5. The molecule has 5 rings (SSSR count). The van der Waals surface area contributed by atoms with Gasteiger partial charge in [0.2, 0.25) is 11.8 Å². The molecule has 3 fully saturated rings. The van der Waals surface area contributed by atoms with Gasteiger partial charge in [-0.2, -0.15) is 0 Å². The molecule has 3 saturated carbocycles. The molecule has 0 bridgehead atoms. The number of ether oxygens (including phenoxy) is 2. The van der Waals surface area contributed by atoms with Gasteiger partial charge in [-0.15, -0.1) is 0 Å². The van der Waals surface area contributed by atoms with Crippen LogP contribution >= 0.6 is 0 Å². The number of nitrogens with one attached hydrogen (secondary N) is 1. The molecular formula is C35H53N3O9. The van der Waals surface area contributed by atoms with Crippen molar-refractivity contribution in [1.29, 1.82) is 0 Å². The molecule has 11 atom stereocenters. The highest BCUT2D eigenvalue weighted by molar-refractivity contribution is 5.79. The van der Waals surface area contributed by atoms with Crippen LogP contribution in [0.2, 0.25) is 0 Å². The summed E-state index contributed by atoms with van der Waals surface area (Å²) in [5.74, 6) is -0.722. The van der Waals surface area contributed by atoms with Crippen LogP contribution in [0.5, 0.6) is 5.75 Å². The number of aromatic hydroxyl groups is 1. The highest BCUT2D eigenvalue weighted by atomic mass is 16.5. The summed E-state index contributed by atoms with van der Waals surface area (Å²) >= 11 is 0. The van der Waals surface area contributed by atoms with Crippen LogP contribution in [0.4, 0.5) is 0 Å². The average molecular weight is 660 g/mol. The smallest absolute Gasteiger partial charge is 0.306 e. The van der Waals surface area contributed by atoms with Crippen LogP contribution in [0.3, 0.4) is 0 Å². The Kier molecular flexibility index (Phi) is 11.5. The van der Waals surface area contributed by atoms with Gasteiger partial charge < -0.3 is 46.7 Å². The number of aryl methyl sites for hydroxylation is 1. The van der Waals surface area contributed by atoms with Crippen LogP contribution in [0.25, 0.3) is 0 Å². The number of fused-ring (bicyclic) bond motifs is 5. The molecule has 0 spiro atoms. The van der Waals surface area contributed by atoms with E-state index >= 15 is 0 Å². The first-order chi connectivity index (χ1) is 22.4. The van der Waals surface area contributed by atoms with E-state index < -0.39 is 48.3 Å². The summed E-state index contributed by atoms with van der Waals surface area (Å²) in [6.07, 6.45) is 2.50. The van der Waals surface area contributed by atoms with E-state index in [4.69, 9.17) is 20.9 Å². The van der Waals surface area contributed by atoms with Crippen molar-refractivity contribution in [1.82, 2.24) is 5.32 Å². The molecule has 12 nitrogen and oxygen atoms in total. The van der Waals surface area contributed by atoms with Gasteiger partial charge in [0.1, 0.15) is 17.8 Å². The second-order valence-corrected chi connectivity index (χ2v) is 14.5. The highest BCUT2D eigenvalue weighted by Crippen LogP contribution is 2.61. The van der Waals surface area contributed by atoms with E-state index in [0.29, 0.717) is 43.1 Å². The molecule has 1 aromatic rings. The molecule has 4 aliphatic rings. The van der Waals surface area contributed by atoms with Gasteiger partial charge in [0.25, 0.3) is 0 Å². The zero-order valence-corrected chi connectivity index (χ0v) is 27.4. The number of primary amides is 1. The van der Waals surface area contributed by atoms with E-state index in [0.717, 1.165) is 38.5 Å².